The number of likely N-dealkylation sites (tertiary alicyclic amines) is 1. The van der Waals surface area contributed by atoms with Gasteiger partial charge in [0.25, 0.3) is 0 Å². The molecule has 1 saturated heterocycles. The van der Waals surface area contributed by atoms with Crippen molar-refractivity contribution in [3.05, 3.63) is 29.8 Å². The van der Waals surface area contributed by atoms with E-state index in [0.29, 0.717) is 13.2 Å². The molecular weight excluding hydrogens is 236 g/mol. The van der Waals surface area contributed by atoms with Gasteiger partial charge in [0, 0.05) is 13.1 Å². The first-order valence-corrected chi connectivity index (χ1v) is 7.42. The monoisotopic (exact) mass is 262 g/mol. The van der Waals surface area contributed by atoms with E-state index in [4.69, 9.17) is 10.5 Å². The average molecular weight is 262 g/mol. The summed E-state index contributed by atoms with van der Waals surface area (Å²) in [6.45, 7) is 7.23. The van der Waals surface area contributed by atoms with E-state index in [2.05, 4.69) is 30.0 Å². The van der Waals surface area contributed by atoms with Gasteiger partial charge in [0.15, 0.2) is 0 Å². The van der Waals surface area contributed by atoms with Crippen molar-refractivity contribution >= 4 is 0 Å². The summed E-state index contributed by atoms with van der Waals surface area (Å²) in [4.78, 5) is 2.55. The number of hydrogen-bond donors (Lipinski definition) is 1. The lowest BCUT2D eigenvalue weighted by Gasteiger charge is -2.30. The zero-order chi connectivity index (χ0) is 13.5. The fourth-order valence-corrected chi connectivity index (χ4v) is 2.70. The van der Waals surface area contributed by atoms with E-state index < -0.39 is 0 Å². The molecule has 0 spiro atoms. The molecule has 3 nitrogen and oxygen atoms in total. The third-order valence-corrected chi connectivity index (χ3v) is 3.66. The van der Waals surface area contributed by atoms with Crippen LogP contribution in [0, 0.1) is 5.92 Å². The van der Waals surface area contributed by atoms with Crippen molar-refractivity contribution in [2.45, 2.75) is 32.7 Å². The maximum absolute atomic E-state index is 5.70. The van der Waals surface area contributed by atoms with E-state index in [1.165, 1.54) is 31.5 Å². The van der Waals surface area contributed by atoms with E-state index in [1.807, 2.05) is 6.07 Å². The average Bonchev–Trinajstić information content (AvgIpc) is 2.39. The Morgan fingerprint density at radius 2 is 2.32 bits per heavy atom. The Morgan fingerprint density at radius 3 is 3.11 bits per heavy atom. The third-order valence-electron chi connectivity index (χ3n) is 3.66. The second-order valence-corrected chi connectivity index (χ2v) is 5.62. The van der Waals surface area contributed by atoms with Gasteiger partial charge in [-0.3, -0.25) is 4.90 Å². The molecule has 0 aromatic heterocycles. The Balaban J connectivity index is 1.87. The number of nitrogens with zero attached hydrogens (tertiary/aromatic N) is 1. The van der Waals surface area contributed by atoms with Crippen molar-refractivity contribution < 1.29 is 4.74 Å². The molecule has 1 fully saturated rings. The van der Waals surface area contributed by atoms with E-state index in [0.717, 1.165) is 24.6 Å². The van der Waals surface area contributed by atoms with Crippen LogP contribution < -0.4 is 10.5 Å². The Bertz CT molecular complexity index is 381. The Hall–Kier alpha value is -1.06. The van der Waals surface area contributed by atoms with Gasteiger partial charge in [-0.15, -0.1) is 0 Å². The van der Waals surface area contributed by atoms with E-state index in [9.17, 15) is 0 Å². The van der Waals surface area contributed by atoms with Gasteiger partial charge in [-0.05, 0) is 56.0 Å². The van der Waals surface area contributed by atoms with Gasteiger partial charge in [0.1, 0.15) is 5.75 Å². The summed E-state index contributed by atoms with van der Waals surface area (Å²) in [6, 6.07) is 8.46. The summed E-state index contributed by atoms with van der Waals surface area (Å²) < 4.78 is 5.70. The first-order chi connectivity index (χ1) is 9.28. The van der Waals surface area contributed by atoms with Crippen LogP contribution in [0.5, 0.6) is 5.75 Å². The van der Waals surface area contributed by atoms with Crippen LogP contribution in [0.25, 0.3) is 0 Å². The fraction of sp³-hybridized carbons (Fsp3) is 0.625. The minimum Gasteiger partial charge on any atom is -0.494 e. The Kier molecular flexibility index (Phi) is 5.67. The molecule has 0 saturated carbocycles. The molecule has 2 rings (SSSR count). The van der Waals surface area contributed by atoms with E-state index in [1.54, 1.807) is 0 Å². The van der Waals surface area contributed by atoms with Crippen molar-refractivity contribution in [2.75, 3.05) is 26.2 Å². The highest BCUT2D eigenvalue weighted by atomic mass is 16.5. The zero-order valence-electron chi connectivity index (χ0n) is 12.0. The van der Waals surface area contributed by atoms with Crippen LogP contribution in [0.1, 0.15) is 31.7 Å². The van der Waals surface area contributed by atoms with Crippen molar-refractivity contribution in [2.24, 2.45) is 11.7 Å². The normalized spacial score (nSPS) is 20.4. The molecular formula is C16H26N2O. The molecule has 1 heterocycles. The van der Waals surface area contributed by atoms with Gasteiger partial charge >= 0.3 is 0 Å². The highest BCUT2D eigenvalue weighted by Crippen LogP contribution is 2.20. The SMILES string of the molecule is C[C@@H]1CCCN(Cc2cccc(OCCCN)c2)C1. The number of nitrogens with two attached hydrogens (primary N) is 1. The van der Waals surface area contributed by atoms with Gasteiger partial charge in [0.2, 0.25) is 0 Å². The lowest BCUT2D eigenvalue weighted by molar-refractivity contribution is 0.176. The van der Waals surface area contributed by atoms with Crippen LogP contribution in [-0.2, 0) is 6.54 Å². The predicted octanol–water partition coefficient (Wildman–Crippen LogP) is 2.65. The summed E-state index contributed by atoms with van der Waals surface area (Å²) in [6.07, 6.45) is 3.61. The van der Waals surface area contributed by atoms with Crippen molar-refractivity contribution in [3.8, 4) is 5.75 Å². The maximum atomic E-state index is 5.70. The van der Waals surface area contributed by atoms with Crippen molar-refractivity contribution in [1.82, 2.24) is 4.90 Å². The zero-order valence-corrected chi connectivity index (χ0v) is 12.0. The summed E-state index contributed by atoms with van der Waals surface area (Å²) in [5, 5.41) is 0. The molecule has 0 amide bonds. The van der Waals surface area contributed by atoms with Gasteiger partial charge in [-0.1, -0.05) is 19.1 Å². The highest BCUT2D eigenvalue weighted by molar-refractivity contribution is 5.28. The van der Waals surface area contributed by atoms with E-state index >= 15 is 0 Å². The summed E-state index contributed by atoms with van der Waals surface area (Å²) in [5.74, 6) is 1.80. The van der Waals surface area contributed by atoms with Gasteiger partial charge in [0.05, 0.1) is 6.61 Å². The number of rotatable bonds is 6. The van der Waals surface area contributed by atoms with Crippen LogP contribution in [0.3, 0.4) is 0 Å². The summed E-state index contributed by atoms with van der Waals surface area (Å²) in [7, 11) is 0. The second kappa shape index (κ2) is 7.51. The molecule has 106 valence electrons. The third kappa shape index (κ3) is 4.84. The predicted molar refractivity (Wildman–Crippen MR) is 79.3 cm³/mol. The van der Waals surface area contributed by atoms with Crippen LogP contribution in [-0.4, -0.2) is 31.1 Å². The number of hydrogen-bond acceptors (Lipinski definition) is 3. The molecule has 1 aromatic rings. The Morgan fingerprint density at radius 1 is 1.42 bits per heavy atom. The molecule has 0 bridgehead atoms. The Labute approximate surface area is 116 Å². The highest BCUT2D eigenvalue weighted by Gasteiger charge is 2.16. The van der Waals surface area contributed by atoms with Crippen LogP contribution >= 0.6 is 0 Å². The van der Waals surface area contributed by atoms with Crippen LogP contribution in [0.4, 0.5) is 0 Å². The molecule has 0 aliphatic carbocycles. The lowest BCUT2D eigenvalue weighted by Crippen LogP contribution is -2.33. The van der Waals surface area contributed by atoms with Gasteiger partial charge in [-0.2, -0.15) is 0 Å². The van der Waals surface area contributed by atoms with E-state index in [-0.39, 0.29) is 0 Å². The molecule has 1 atom stereocenters. The quantitative estimate of drug-likeness (QED) is 0.801. The second-order valence-electron chi connectivity index (χ2n) is 5.62. The lowest BCUT2D eigenvalue weighted by atomic mass is 10.00. The van der Waals surface area contributed by atoms with Crippen LogP contribution in [0.15, 0.2) is 24.3 Å². The molecule has 2 N–H and O–H groups in total. The molecule has 0 unspecified atom stereocenters. The molecule has 1 aromatic carbocycles. The molecule has 19 heavy (non-hydrogen) atoms. The first-order valence-electron chi connectivity index (χ1n) is 7.42. The fourth-order valence-electron chi connectivity index (χ4n) is 2.70. The van der Waals surface area contributed by atoms with Crippen molar-refractivity contribution in [1.29, 1.82) is 0 Å². The van der Waals surface area contributed by atoms with Crippen molar-refractivity contribution in [3.63, 3.8) is 0 Å². The minimum absolute atomic E-state index is 0.686. The smallest absolute Gasteiger partial charge is 0.119 e. The standard InChI is InChI=1S/C16H26N2O/c1-14-5-3-9-18(12-14)13-15-6-2-7-16(11-15)19-10-4-8-17/h2,6-7,11,14H,3-5,8-10,12-13,17H2,1H3/t14-/m1/s1. The molecule has 3 heteroatoms. The first kappa shape index (κ1) is 14.4. The minimum atomic E-state index is 0.686. The van der Waals surface area contributed by atoms with Gasteiger partial charge in [-0.25, -0.2) is 0 Å². The largest absolute Gasteiger partial charge is 0.494 e. The maximum Gasteiger partial charge on any atom is 0.119 e. The molecule has 0 radical (unpaired) electrons. The summed E-state index contributed by atoms with van der Waals surface area (Å²) in [5.41, 5.74) is 6.82. The van der Waals surface area contributed by atoms with Crippen LogP contribution in [0.2, 0.25) is 0 Å². The molecule has 1 aliphatic rings. The number of benzene rings is 1. The number of ether oxygens (including phenoxy) is 1. The van der Waals surface area contributed by atoms with Gasteiger partial charge < -0.3 is 10.5 Å². The topological polar surface area (TPSA) is 38.5 Å². The molecule has 1 aliphatic heterocycles. The number of piperidine rings is 1. The summed E-state index contributed by atoms with van der Waals surface area (Å²) >= 11 is 0.